The van der Waals surface area contributed by atoms with Crippen molar-refractivity contribution in [3.05, 3.63) is 29.3 Å². The van der Waals surface area contributed by atoms with E-state index in [9.17, 15) is 13.2 Å². The number of likely N-dealkylation sites (N-methyl/N-ethyl adjacent to an activating group) is 1. The standard InChI is InChI=1S/C16H24ClN3O3S/c1-4-18-9-11-19(12-10-18)16(21)13(2)20(24(3,22)23)15-7-5-14(17)6-8-15/h5-8,13H,4,9-12H2,1-3H3/p+1/t13-/m1/s1. The fourth-order valence-corrected chi connectivity index (χ4v) is 4.35. The molecule has 0 spiro atoms. The van der Waals surface area contributed by atoms with Gasteiger partial charge in [0.2, 0.25) is 15.9 Å². The number of nitrogens with zero attached hydrogens (tertiary/aromatic N) is 2. The highest BCUT2D eigenvalue weighted by Gasteiger charge is 2.33. The van der Waals surface area contributed by atoms with E-state index in [1.807, 2.05) is 0 Å². The molecule has 0 radical (unpaired) electrons. The first kappa shape index (κ1) is 19.0. The van der Waals surface area contributed by atoms with Crippen LogP contribution in [0.15, 0.2) is 24.3 Å². The molecule has 1 aliphatic rings. The van der Waals surface area contributed by atoms with Gasteiger partial charge in [0.1, 0.15) is 6.04 Å². The van der Waals surface area contributed by atoms with E-state index in [1.165, 1.54) is 9.21 Å². The smallest absolute Gasteiger partial charge is 0.246 e. The average molecular weight is 375 g/mol. The van der Waals surface area contributed by atoms with Gasteiger partial charge in [0.25, 0.3) is 0 Å². The summed E-state index contributed by atoms with van der Waals surface area (Å²) in [4.78, 5) is 16.0. The largest absolute Gasteiger partial charge is 0.332 e. The lowest BCUT2D eigenvalue weighted by molar-refractivity contribution is -0.902. The fraction of sp³-hybridized carbons (Fsp3) is 0.562. The predicted molar refractivity (Wildman–Crippen MR) is 96.1 cm³/mol. The monoisotopic (exact) mass is 374 g/mol. The summed E-state index contributed by atoms with van der Waals surface area (Å²) < 4.78 is 25.7. The van der Waals surface area contributed by atoms with Gasteiger partial charge in [-0.2, -0.15) is 0 Å². The number of rotatable bonds is 5. The van der Waals surface area contributed by atoms with Crippen molar-refractivity contribution >= 4 is 33.2 Å². The summed E-state index contributed by atoms with van der Waals surface area (Å²) in [6.45, 7) is 7.91. The zero-order valence-electron chi connectivity index (χ0n) is 14.3. The Labute approximate surface area is 149 Å². The summed E-state index contributed by atoms with van der Waals surface area (Å²) in [6.07, 6.45) is 1.12. The topological polar surface area (TPSA) is 62.1 Å². The zero-order valence-corrected chi connectivity index (χ0v) is 15.9. The van der Waals surface area contributed by atoms with Crippen LogP contribution >= 0.6 is 11.6 Å². The van der Waals surface area contributed by atoms with Crippen LogP contribution in [0.5, 0.6) is 0 Å². The van der Waals surface area contributed by atoms with E-state index < -0.39 is 16.1 Å². The number of piperazine rings is 1. The Hall–Kier alpha value is -1.31. The third kappa shape index (κ3) is 4.40. The normalized spacial score (nSPS) is 17.6. The third-order valence-electron chi connectivity index (χ3n) is 4.43. The molecule has 0 aromatic heterocycles. The summed E-state index contributed by atoms with van der Waals surface area (Å²) in [6, 6.07) is 5.69. The average Bonchev–Trinajstić information content (AvgIpc) is 2.55. The van der Waals surface area contributed by atoms with Gasteiger partial charge in [0.05, 0.1) is 44.7 Å². The first-order chi connectivity index (χ1) is 11.2. The number of carbonyl (C=O) groups excluding carboxylic acids is 1. The van der Waals surface area contributed by atoms with Gasteiger partial charge in [-0.25, -0.2) is 8.42 Å². The lowest BCUT2D eigenvalue weighted by atomic mass is 10.2. The van der Waals surface area contributed by atoms with Crippen LogP contribution in [0, 0.1) is 0 Å². The van der Waals surface area contributed by atoms with Gasteiger partial charge in [-0.05, 0) is 38.1 Å². The van der Waals surface area contributed by atoms with Crippen LogP contribution in [-0.4, -0.2) is 64.2 Å². The molecule has 0 aliphatic carbocycles. The minimum Gasteiger partial charge on any atom is -0.332 e. The second-order valence-electron chi connectivity index (χ2n) is 6.14. The molecule has 1 saturated heterocycles. The number of quaternary nitrogens is 1. The molecule has 1 amide bonds. The number of amides is 1. The van der Waals surface area contributed by atoms with Crippen LogP contribution in [0.25, 0.3) is 0 Å². The highest BCUT2D eigenvalue weighted by molar-refractivity contribution is 7.92. The van der Waals surface area contributed by atoms with Crippen molar-refractivity contribution in [2.45, 2.75) is 19.9 Å². The van der Waals surface area contributed by atoms with Gasteiger partial charge >= 0.3 is 0 Å². The molecule has 2 rings (SSSR count). The summed E-state index contributed by atoms with van der Waals surface area (Å²) in [5.41, 5.74) is 0.445. The molecule has 1 aliphatic heterocycles. The number of anilines is 1. The fourth-order valence-electron chi connectivity index (χ4n) is 3.05. The molecule has 0 bridgehead atoms. The first-order valence-electron chi connectivity index (χ1n) is 8.11. The number of nitrogens with one attached hydrogen (secondary N) is 1. The minimum absolute atomic E-state index is 0.162. The third-order valence-corrected chi connectivity index (χ3v) is 5.92. The van der Waals surface area contributed by atoms with E-state index in [2.05, 4.69) is 6.92 Å². The number of benzene rings is 1. The van der Waals surface area contributed by atoms with E-state index in [0.717, 1.165) is 25.9 Å². The number of sulfonamides is 1. The molecular formula is C16H25ClN3O3S+. The summed E-state index contributed by atoms with van der Waals surface area (Å²) >= 11 is 5.88. The van der Waals surface area contributed by atoms with Crippen molar-refractivity contribution in [3.8, 4) is 0 Å². The van der Waals surface area contributed by atoms with Crippen LogP contribution in [0.4, 0.5) is 5.69 Å². The van der Waals surface area contributed by atoms with Crippen molar-refractivity contribution in [2.24, 2.45) is 0 Å². The van der Waals surface area contributed by atoms with E-state index in [-0.39, 0.29) is 5.91 Å². The Kier molecular flexibility index (Phi) is 6.11. The maximum Gasteiger partial charge on any atom is 0.246 e. The molecule has 1 fully saturated rings. The molecule has 1 atom stereocenters. The number of carbonyl (C=O) groups is 1. The Morgan fingerprint density at radius 1 is 1.29 bits per heavy atom. The maximum atomic E-state index is 12.8. The lowest BCUT2D eigenvalue weighted by Gasteiger charge is -2.36. The molecule has 1 aromatic rings. The van der Waals surface area contributed by atoms with Crippen molar-refractivity contribution in [3.63, 3.8) is 0 Å². The van der Waals surface area contributed by atoms with Gasteiger partial charge in [-0.3, -0.25) is 9.10 Å². The van der Waals surface area contributed by atoms with E-state index in [0.29, 0.717) is 23.8 Å². The Balaban J connectivity index is 2.20. The number of hydrogen-bond donors (Lipinski definition) is 1. The van der Waals surface area contributed by atoms with Crippen LogP contribution in [0.2, 0.25) is 5.02 Å². The summed E-state index contributed by atoms with van der Waals surface area (Å²) in [5, 5.41) is 0.518. The quantitative estimate of drug-likeness (QED) is 0.803. The van der Waals surface area contributed by atoms with E-state index in [1.54, 1.807) is 36.1 Å². The van der Waals surface area contributed by atoms with Crippen LogP contribution < -0.4 is 9.21 Å². The number of halogens is 1. The number of hydrogen-bond acceptors (Lipinski definition) is 3. The van der Waals surface area contributed by atoms with Crippen molar-refractivity contribution in [2.75, 3.05) is 43.3 Å². The molecule has 134 valence electrons. The van der Waals surface area contributed by atoms with Crippen molar-refractivity contribution < 1.29 is 18.1 Å². The molecule has 24 heavy (non-hydrogen) atoms. The molecule has 1 N–H and O–H groups in total. The molecule has 0 saturated carbocycles. The van der Waals surface area contributed by atoms with E-state index in [4.69, 9.17) is 11.6 Å². The van der Waals surface area contributed by atoms with E-state index >= 15 is 0 Å². The van der Waals surface area contributed by atoms with Gasteiger partial charge in [0.15, 0.2) is 0 Å². The molecule has 1 aromatic carbocycles. The SMILES string of the molecule is CC[NH+]1CCN(C(=O)[C@@H](C)N(c2ccc(Cl)cc2)S(C)(=O)=O)CC1. The maximum absolute atomic E-state index is 12.8. The molecule has 6 nitrogen and oxygen atoms in total. The molecule has 0 unspecified atom stereocenters. The van der Waals surface area contributed by atoms with Crippen LogP contribution in [0.1, 0.15) is 13.8 Å². The van der Waals surface area contributed by atoms with Gasteiger partial charge in [-0.15, -0.1) is 0 Å². The van der Waals surface area contributed by atoms with Crippen LogP contribution in [-0.2, 0) is 14.8 Å². The van der Waals surface area contributed by atoms with Gasteiger partial charge < -0.3 is 9.80 Å². The predicted octanol–water partition coefficient (Wildman–Crippen LogP) is 0.242. The second-order valence-corrected chi connectivity index (χ2v) is 8.44. The zero-order chi connectivity index (χ0) is 17.9. The Morgan fingerprint density at radius 2 is 1.83 bits per heavy atom. The van der Waals surface area contributed by atoms with Crippen LogP contribution in [0.3, 0.4) is 0 Å². The Bertz CT molecular complexity index is 670. The Morgan fingerprint density at radius 3 is 2.29 bits per heavy atom. The van der Waals surface area contributed by atoms with Gasteiger partial charge in [0, 0.05) is 5.02 Å². The molecule has 1 heterocycles. The first-order valence-corrected chi connectivity index (χ1v) is 10.3. The lowest BCUT2D eigenvalue weighted by Crippen LogP contribution is -3.14. The highest BCUT2D eigenvalue weighted by atomic mass is 35.5. The molecular weight excluding hydrogens is 350 g/mol. The molecule has 8 heteroatoms. The van der Waals surface area contributed by atoms with Crippen molar-refractivity contribution in [1.29, 1.82) is 0 Å². The summed E-state index contributed by atoms with van der Waals surface area (Å²) in [7, 11) is -3.59. The van der Waals surface area contributed by atoms with Crippen molar-refractivity contribution in [1.82, 2.24) is 4.90 Å². The highest BCUT2D eigenvalue weighted by Crippen LogP contribution is 2.23. The second kappa shape index (κ2) is 7.72. The van der Waals surface area contributed by atoms with Gasteiger partial charge in [-0.1, -0.05) is 11.6 Å². The summed E-state index contributed by atoms with van der Waals surface area (Å²) in [5.74, 6) is -0.162. The minimum atomic E-state index is -3.59.